The molecule has 3 aromatic rings. The Morgan fingerprint density at radius 1 is 1.15 bits per heavy atom. The molecule has 0 aliphatic heterocycles. The predicted molar refractivity (Wildman–Crippen MR) is 109 cm³/mol. The van der Waals surface area contributed by atoms with E-state index in [2.05, 4.69) is 43.1 Å². The number of aryl methyl sites for hydroxylation is 1. The monoisotopic (exact) mass is 448 g/mol. The van der Waals surface area contributed by atoms with Crippen molar-refractivity contribution in [2.24, 2.45) is 0 Å². The van der Waals surface area contributed by atoms with E-state index in [1.54, 1.807) is 4.68 Å². The first kappa shape index (κ1) is 18.6. The van der Waals surface area contributed by atoms with Crippen molar-refractivity contribution in [2.75, 3.05) is 12.3 Å². The maximum atomic E-state index is 12.6. The largest absolute Gasteiger partial charge is 0.244 e. The van der Waals surface area contributed by atoms with Gasteiger partial charge in [0.25, 0.3) is 0 Å². The number of nitrogens with zero attached hydrogens (tertiary/aromatic N) is 3. The van der Waals surface area contributed by atoms with Gasteiger partial charge in [-0.3, -0.25) is 0 Å². The second-order valence-electron chi connectivity index (χ2n) is 7.09. The highest BCUT2D eigenvalue weighted by Gasteiger charge is 2.39. The van der Waals surface area contributed by atoms with E-state index >= 15 is 0 Å². The van der Waals surface area contributed by atoms with E-state index in [1.807, 2.05) is 36.4 Å². The molecular weight excluding hydrogens is 428 g/mol. The molecule has 0 radical (unpaired) electrons. The molecule has 8 heteroatoms. The van der Waals surface area contributed by atoms with Gasteiger partial charge in [0.1, 0.15) is 5.52 Å². The zero-order valence-corrected chi connectivity index (χ0v) is 17.2. The average Bonchev–Trinajstić information content (AvgIpc) is 3.02. The van der Waals surface area contributed by atoms with E-state index in [9.17, 15) is 8.42 Å². The summed E-state index contributed by atoms with van der Waals surface area (Å²) in [6.07, 6.45) is 3.12. The molecule has 0 saturated heterocycles. The van der Waals surface area contributed by atoms with Crippen molar-refractivity contribution in [3.63, 3.8) is 0 Å². The fourth-order valence-electron chi connectivity index (χ4n) is 3.60. The van der Waals surface area contributed by atoms with Crippen LogP contribution in [0.4, 0.5) is 0 Å². The molecule has 0 bridgehead atoms. The summed E-state index contributed by atoms with van der Waals surface area (Å²) in [7, 11) is -3.40. The van der Waals surface area contributed by atoms with Crippen molar-refractivity contribution < 1.29 is 8.42 Å². The summed E-state index contributed by atoms with van der Waals surface area (Å²) in [5, 5.41) is 8.13. The third kappa shape index (κ3) is 3.93. The Morgan fingerprint density at radius 2 is 1.96 bits per heavy atom. The molecule has 27 heavy (non-hydrogen) atoms. The molecule has 1 heterocycles. The van der Waals surface area contributed by atoms with Gasteiger partial charge in [0, 0.05) is 16.4 Å². The summed E-state index contributed by atoms with van der Waals surface area (Å²) >= 11 is 3.51. The van der Waals surface area contributed by atoms with Gasteiger partial charge in [-0.15, -0.1) is 5.10 Å². The van der Waals surface area contributed by atoms with Crippen LogP contribution >= 0.6 is 15.9 Å². The van der Waals surface area contributed by atoms with Crippen LogP contribution in [0.2, 0.25) is 0 Å². The highest BCUT2D eigenvalue weighted by molar-refractivity contribution is 9.10. The number of rotatable bonds is 7. The minimum Gasteiger partial charge on any atom is -0.244 e. The van der Waals surface area contributed by atoms with Crippen molar-refractivity contribution >= 4 is 37.0 Å². The van der Waals surface area contributed by atoms with Crippen molar-refractivity contribution in [3.05, 3.63) is 58.6 Å². The van der Waals surface area contributed by atoms with Gasteiger partial charge in [-0.2, -0.15) is 0 Å². The Kier molecular flexibility index (Phi) is 5.05. The van der Waals surface area contributed by atoms with Crippen LogP contribution in [-0.4, -0.2) is 35.7 Å². The van der Waals surface area contributed by atoms with E-state index in [0.29, 0.717) is 6.54 Å². The number of fused-ring (bicyclic) bond motifs is 1. The molecule has 1 aromatic heterocycles. The maximum absolute atomic E-state index is 12.6. The van der Waals surface area contributed by atoms with Crippen LogP contribution in [0.3, 0.4) is 0 Å². The van der Waals surface area contributed by atoms with Gasteiger partial charge in [0.15, 0.2) is 0 Å². The normalized spacial score (nSPS) is 16.3. The highest BCUT2D eigenvalue weighted by Crippen LogP contribution is 2.43. The molecule has 4 rings (SSSR count). The molecule has 0 spiro atoms. The lowest BCUT2D eigenvalue weighted by Gasteiger charge is -2.42. The Bertz CT molecular complexity index is 1060. The molecule has 6 nitrogen and oxygen atoms in total. The van der Waals surface area contributed by atoms with E-state index in [0.717, 1.165) is 34.8 Å². The van der Waals surface area contributed by atoms with Crippen molar-refractivity contribution in [1.29, 1.82) is 0 Å². The maximum Gasteiger partial charge on any atom is 0.213 e. The van der Waals surface area contributed by atoms with Crippen molar-refractivity contribution in [1.82, 2.24) is 19.7 Å². The SMILES string of the molecule is O=S(=O)(CCn1nnc2ccccc21)NCC1(c2cccc(Br)c2)CCC1. The number of hydrogen-bond donors (Lipinski definition) is 1. The Hall–Kier alpha value is -1.77. The van der Waals surface area contributed by atoms with Gasteiger partial charge in [-0.25, -0.2) is 17.8 Å². The number of benzene rings is 2. The molecule has 142 valence electrons. The fraction of sp³-hybridized carbons (Fsp3) is 0.368. The van der Waals surface area contributed by atoms with Crippen LogP contribution in [0.15, 0.2) is 53.0 Å². The zero-order chi connectivity index (χ0) is 18.9. The molecule has 1 aliphatic rings. The van der Waals surface area contributed by atoms with E-state index in [-0.39, 0.29) is 17.7 Å². The Labute approximate surface area is 167 Å². The van der Waals surface area contributed by atoms with Crippen LogP contribution in [-0.2, 0) is 22.0 Å². The second-order valence-corrected chi connectivity index (χ2v) is 9.93. The highest BCUT2D eigenvalue weighted by atomic mass is 79.9. The van der Waals surface area contributed by atoms with Crippen LogP contribution in [0, 0.1) is 0 Å². The molecule has 1 saturated carbocycles. The number of para-hydroxylation sites is 1. The molecule has 0 unspecified atom stereocenters. The van der Waals surface area contributed by atoms with Crippen molar-refractivity contribution in [3.8, 4) is 0 Å². The van der Waals surface area contributed by atoms with E-state index < -0.39 is 10.0 Å². The minimum atomic E-state index is -3.40. The quantitative estimate of drug-likeness (QED) is 0.601. The third-order valence-corrected chi connectivity index (χ3v) is 7.17. The lowest BCUT2D eigenvalue weighted by molar-refractivity contribution is 0.245. The molecule has 1 fully saturated rings. The molecule has 0 atom stereocenters. The summed E-state index contributed by atoms with van der Waals surface area (Å²) in [6.45, 7) is 0.712. The minimum absolute atomic E-state index is 0.0189. The molecule has 0 amide bonds. The Balaban J connectivity index is 1.42. The molecule has 1 aliphatic carbocycles. The van der Waals surface area contributed by atoms with Gasteiger partial charge >= 0.3 is 0 Å². The summed E-state index contributed by atoms with van der Waals surface area (Å²) in [5.41, 5.74) is 2.70. The summed E-state index contributed by atoms with van der Waals surface area (Å²) in [5.74, 6) is -0.0189. The number of halogens is 1. The standard InChI is InChI=1S/C19H21BrN4O2S/c20-16-6-3-5-15(13-16)19(9-4-10-19)14-21-27(25,26)12-11-24-18-8-2-1-7-17(18)22-23-24/h1-3,5-8,13,21H,4,9-12,14H2. The number of sulfonamides is 1. The lowest BCUT2D eigenvalue weighted by atomic mass is 9.64. The number of aromatic nitrogens is 3. The number of hydrogen-bond acceptors (Lipinski definition) is 4. The summed E-state index contributed by atoms with van der Waals surface area (Å²) in [6, 6.07) is 15.7. The lowest BCUT2D eigenvalue weighted by Crippen LogP contribution is -2.46. The first-order valence-corrected chi connectivity index (χ1v) is 11.4. The smallest absolute Gasteiger partial charge is 0.213 e. The fourth-order valence-corrected chi connectivity index (χ4v) is 5.05. The van der Waals surface area contributed by atoms with Gasteiger partial charge in [-0.1, -0.05) is 51.8 Å². The van der Waals surface area contributed by atoms with Crippen LogP contribution in [0.5, 0.6) is 0 Å². The van der Waals surface area contributed by atoms with Crippen LogP contribution < -0.4 is 4.72 Å². The molecule has 2 aromatic carbocycles. The average molecular weight is 449 g/mol. The third-order valence-electron chi connectivity index (χ3n) is 5.37. The first-order valence-electron chi connectivity index (χ1n) is 8.99. The molecule has 1 N–H and O–H groups in total. The summed E-state index contributed by atoms with van der Waals surface area (Å²) in [4.78, 5) is 0. The van der Waals surface area contributed by atoms with Gasteiger partial charge in [-0.05, 0) is 42.7 Å². The topological polar surface area (TPSA) is 76.9 Å². The Morgan fingerprint density at radius 3 is 2.70 bits per heavy atom. The van der Waals surface area contributed by atoms with Crippen LogP contribution in [0.25, 0.3) is 11.0 Å². The summed E-state index contributed by atoms with van der Waals surface area (Å²) < 4.78 is 30.6. The van der Waals surface area contributed by atoms with Crippen LogP contribution in [0.1, 0.15) is 24.8 Å². The second kappa shape index (κ2) is 7.33. The van der Waals surface area contributed by atoms with Gasteiger partial charge in [0.05, 0.1) is 17.8 Å². The van der Waals surface area contributed by atoms with Gasteiger partial charge in [0.2, 0.25) is 10.0 Å². The molecular formula is C19H21BrN4O2S. The number of nitrogens with one attached hydrogen (secondary N) is 1. The predicted octanol–water partition coefficient (Wildman–Crippen LogP) is 3.24. The van der Waals surface area contributed by atoms with Crippen molar-refractivity contribution in [2.45, 2.75) is 31.2 Å². The van der Waals surface area contributed by atoms with E-state index in [4.69, 9.17) is 0 Å². The van der Waals surface area contributed by atoms with E-state index in [1.165, 1.54) is 5.56 Å². The van der Waals surface area contributed by atoms with Gasteiger partial charge < -0.3 is 0 Å². The first-order chi connectivity index (χ1) is 13.0. The zero-order valence-electron chi connectivity index (χ0n) is 14.8.